The zero-order valence-corrected chi connectivity index (χ0v) is 17.1. The van der Waals surface area contributed by atoms with Gasteiger partial charge in [0.15, 0.2) is 5.69 Å². The molecule has 3 heterocycles. The minimum atomic E-state index is -0.765. The van der Waals surface area contributed by atoms with Crippen molar-refractivity contribution in [1.82, 2.24) is 30.0 Å². The Kier molecular flexibility index (Phi) is 4.70. The lowest BCUT2D eigenvalue weighted by atomic mass is 10.2. The number of carbonyl (C=O) groups is 1. The van der Waals surface area contributed by atoms with E-state index in [1.54, 1.807) is 10.9 Å². The molecule has 0 spiro atoms. The molecule has 0 saturated heterocycles. The number of nitrogens with zero attached hydrogens (tertiary/aromatic N) is 6. The van der Waals surface area contributed by atoms with Crippen molar-refractivity contribution in [3.63, 3.8) is 0 Å². The molecular formula is C20H25N7O2. The van der Waals surface area contributed by atoms with Crippen LogP contribution in [-0.2, 0) is 6.54 Å². The quantitative estimate of drug-likeness (QED) is 0.646. The summed E-state index contributed by atoms with van der Waals surface area (Å²) >= 11 is 0. The Labute approximate surface area is 168 Å². The number of carbonyl (C=O) groups excluding carboxylic acids is 1. The fourth-order valence-corrected chi connectivity index (χ4v) is 3.31. The van der Waals surface area contributed by atoms with Crippen LogP contribution in [0.3, 0.4) is 0 Å². The molecular weight excluding hydrogens is 370 g/mol. The van der Waals surface area contributed by atoms with E-state index in [-0.39, 0.29) is 18.1 Å². The standard InChI is InChI=1S/C20H25N7O2/c1-12-7-15-16(21-8-12)17(19(28)22-10-20(29)5-6-20)25-27(15)9-14-13(2)18(26(3)4)24-11-23-14/h7-8,11,29H,5-6,9-10H2,1-4H3,(H,22,28). The van der Waals surface area contributed by atoms with Gasteiger partial charge in [0, 0.05) is 32.4 Å². The number of aliphatic hydroxyl groups is 1. The van der Waals surface area contributed by atoms with E-state index in [0.717, 1.165) is 28.2 Å². The van der Waals surface area contributed by atoms with Crippen LogP contribution in [0, 0.1) is 13.8 Å². The number of nitrogens with one attached hydrogen (secondary N) is 1. The smallest absolute Gasteiger partial charge is 0.274 e. The van der Waals surface area contributed by atoms with Crippen LogP contribution in [-0.4, -0.2) is 62.0 Å². The first-order valence-electron chi connectivity index (χ1n) is 9.59. The summed E-state index contributed by atoms with van der Waals surface area (Å²) in [6, 6.07) is 1.96. The van der Waals surface area contributed by atoms with Gasteiger partial charge < -0.3 is 15.3 Å². The monoisotopic (exact) mass is 395 g/mol. The number of aryl methyl sites for hydroxylation is 1. The van der Waals surface area contributed by atoms with Crippen LogP contribution < -0.4 is 10.2 Å². The van der Waals surface area contributed by atoms with E-state index < -0.39 is 5.60 Å². The highest BCUT2D eigenvalue weighted by molar-refractivity contribution is 6.03. The van der Waals surface area contributed by atoms with Crippen LogP contribution in [0.25, 0.3) is 11.0 Å². The van der Waals surface area contributed by atoms with Crippen molar-refractivity contribution in [2.45, 2.75) is 38.8 Å². The van der Waals surface area contributed by atoms with E-state index in [1.165, 1.54) is 6.33 Å². The van der Waals surface area contributed by atoms with Crippen LogP contribution in [0.4, 0.5) is 5.82 Å². The molecule has 0 unspecified atom stereocenters. The molecule has 1 saturated carbocycles. The summed E-state index contributed by atoms with van der Waals surface area (Å²) in [5.74, 6) is 0.509. The molecule has 9 nitrogen and oxygen atoms in total. The predicted octanol–water partition coefficient (Wildman–Crippen LogP) is 1.21. The molecule has 0 aromatic carbocycles. The Hall–Kier alpha value is -3.07. The summed E-state index contributed by atoms with van der Waals surface area (Å²) in [6.45, 7) is 4.55. The van der Waals surface area contributed by atoms with Crippen molar-refractivity contribution in [1.29, 1.82) is 0 Å². The molecule has 4 rings (SSSR count). The summed E-state index contributed by atoms with van der Waals surface area (Å²) in [4.78, 5) is 27.9. The second-order valence-electron chi connectivity index (χ2n) is 7.96. The van der Waals surface area contributed by atoms with Gasteiger partial charge in [-0.15, -0.1) is 0 Å². The van der Waals surface area contributed by atoms with Gasteiger partial charge in [0.1, 0.15) is 17.7 Å². The van der Waals surface area contributed by atoms with Crippen LogP contribution in [0.15, 0.2) is 18.6 Å². The van der Waals surface area contributed by atoms with E-state index in [9.17, 15) is 9.90 Å². The number of aromatic nitrogens is 5. The number of hydrogen-bond donors (Lipinski definition) is 2. The number of hydrogen-bond acceptors (Lipinski definition) is 7. The molecule has 1 aliphatic rings. The SMILES string of the molecule is Cc1cnc2c(C(=O)NCC3(O)CC3)nn(Cc3ncnc(N(C)C)c3C)c2c1. The number of amides is 1. The van der Waals surface area contributed by atoms with Crippen LogP contribution >= 0.6 is 0 Å². The third-order valence-electron chi connectivity index (χ3n) is 5.23. The minimum Gasteiger partial charge on any atom is -0.388 e. The largest absolute Gasteiger partial charge is 0.388 e. The molecule has 9 heteroatoms. The minimum absolute atomic E-state index is 0.225. The fraction of sp³-hybridized carbons (Fsp3) is 0.450. The van der Waals surface area contributed by atoms with Crippen LogP contribution in [0.1, 0.15) is 40.2 Å². The lowest BCUT2D eigenvalue weighted by Gasteiger charge is -2.16. The second-order valence-corrected chi connectivity index (χ2v) is 7.96. The van der Waals surface area contributed by atoms with E-state index in [1.807, 2.05) is 38.9 Å². The van der Waals surface area contributed by atoms with E-state index >= 15 is 0 Å². The second kappa shape index (κ2) is 7.07. The lowest BCUT2D eigenvalue weighted by Crippen LogP contribution is -2.33. The molecule has 1 aliphatic carbocycles. The zero-order chi connectivity index (χ0) is 20.8. The summed E-state index contributed by atoms with van der Waals surface area (Å²) in [5, 5.41) is 17.3. The first-order valence-corrected chi connectivity index (χ1v) is 9.59. The maximum atomic E-state index is 12.7. The van der Waals surface area contributed by atoms with Gasteiger partial charge >= 0.3 is 0 Å². The number of pyridine rings is 1. The van der Waals surface area contributed by atoms with Gasteiger partial charge in [-0.3, -0.25) is 14.5 Å². The van der Waals surface area contributed by atoms with Crippen molar-refractivity contribution in [2.75, 3.05) is 25.5 Å². The highest BCUT2D eigenvalue weighted by Crippen LogP contribution is 2.34. The molecule has 3 aromatic rings. The third kappa shape index (κ3) is 3.77. The van der Waals surface area contributed by atoms with Gasteiger partial charge in [0.05, 0.1) is 23.4 Å². The van der Waals surface area contributed by atoms with Crippen molar-refractivity contribution in [3.8, 4) is 0 Å². The summed E-state index contributed by atoms with van der Waals surface area (Å²) in [6.07, 6.45) is 4.68. The van der Waals surface area contributed by atoms with Crippen molar-refractivity contribution in [2.24, 2.45) is 0 Å². The summed E-state index contributed by atoms with van der Waals surface area (Å²) in [5.41, 5.74) is 3.56. The number of fused-ring (bicyclic) bond motifs is 1. The van der Waals surface area contributed by atoms with Gasteiger partial charge in [-0.25, -0.2) is 9.97 Å². The molecule has 1 fully saturated rings. The van der Waals surface area contributed by atoms with Gasteiger partial charge in [-0.1, -0.05) is 0 Å². The average molecular weight is 395 g/mol. The molecule has 2 N–H and O–H groups in total. The lowest BCUT2D eigenvalue weighted by molar-refractivity contribution is 0.0892. The Morgan fingerprint density at radius 2 is 2.03 bits per heavy atom. The van der Waals surface area contributed by atoms with Gasteiger partial charge in [0.25, 0.3) is 5.91 Å². The highest BCUT2D eigenvalue weighted by atomic mass is 16.3. The van der Waals surface area contributed by atoms with Gasteiger partial charge in [-0.05, 0) is 38.3 Å². The molecule has 29 heavy (non-hydrogen) atoms. The summed E-state index contributed by atoms with van der Waals surface area (Å²) in [7, 11) is 3.87. The van der Waals surface area contributed by atoms with Gasteiger partial charge in [-0.2, -0.15) is 5.10 Å². The first-order chi connectivity index (χ1) is 13.8. The van der Waals surface area contributed by atoms with Crippen molar-refractivity contribution in [3.05, 3.63) is 41.1 Å². The number of anilines is 1. The highest BCUT2D eigenvalue weighted by Gasteiger charge is 2.40. The molecule has 1 amide bonds. The van der Waals surface area contributed by atoms with Crippen LogP contribution in [0.5, 0.6) is 0 Å². The zero-order valence-electron chi connectivity index (χ0n) is 17.1. The maximum absolute atomic E-state index is 12.7. The van der Waals surface area contributed by atoms with Gasteiger partial charge in [0.2, 0.25) is 0 Å². The summed E-state index contributed by atoms with van der Waals surface area (Å²) < 4.78 is 1.75. The molecule has 3 aromatic heterocycles. The van der Waals surface area contributed by atoms with E-state index in [4.69, 9.17) is 0 Å². The molecule has 0 atom stereocenters. The Bertz CT molecular complexity index is 1090. The van der Waals surface area contributed by atoms with E-state index in [0.29, 0.717) is 24.9 Å². The average Bonchev–Trinajstić information content (AvgIpc) is 3.32. The van der Waals surface area contributed by atoms with Crippen LogP contribution in [0.2, 0.25) is 0 Å². The van der Waals surface area contributed by atoms with Crippen molar-refractivity contribution >= 4 is 22.8 Å². The molecule has 0 bridgehead atoms. The molecule has 0 radical (unpaired) electrons. The number of rotatable bonds is 6. The van der Waals surface area contributed by atoms with E-state index in [2.05, 4.69) is 25.4 Å². The Morgan fingerprint density at radius 3 is 2.72 bits per heavy atom. The fourth-order valence-electron chi connectivity index (χ4n) is 3.31. The third-order valence-corrected chi connectivity index (χ3v) is 5.23. The molecule has 152 valence electrons. The Morgan fingerprint density at radius 1 is 1.28 bits per heavy atom. The maximum Gasteiger partial charge on any atom is 0.274 e. The molecule has 0 aliphatic heterocycles. The predicted molar refractivity (Wildman–Crippen MR) is 109 cm³/mol. The van der Waals surface area contributed by atoms with Crippen molar-refractivity contribution < 1.29 is 9.90 Å². The Balaban J connectivity index is 1.70. The topological polar surface area (TPSA) is 109 Å². The first kappa shape index (κ1) is 19.3. The normalized spacial score (nSPS) is 14.8.